The molecule has 6 rings (SSSR count). The zero-order valence-corrected chi connectivity index (χ0v) is 25.9. The van der Waals surface area contributed by atoms with Crippen LogP contribution in [0.3, 0.4) is 0 Å². The van der Waals surface area contributed by atoms with E-state index >= 15 is 0 Å². The number of aromatic nitrogens is 4. The Kier molecular flexibility index (Phi) is 9.56. The minimum atomic E-state index is 0.696. The van der Waals surface area contributed by atoms with E-state index in [4.69, 9.17) is 19.4 Å². The summed E-state index contributed by atoms with van der Waals surface area (Å²) in [4.78, 5) is 16.9. The van der Waals surface area contributed by atoms with Crippen molar-refractivity contribution in [3.05, 3.63) is 95.1 Å². The Labute approximate surface area is 259 Å². The molecule has 226 valence electrons. The number of hydrogen-bond donors (Lipinski definition) is 2. The van der Waals surface area contributed by atoms with Gasteiger partial charge in [-0.2, -0.15) is 0 Å². The molecular weight excluding hydrogens is 544 g/mol. The van der Waals surface area contributed by atoms with Gasteiger partial charge in [-0.25, -0.2) is 9.97 Å². The van der Waals surface area contributed by atoms with Crippen molar-refractivity contribution >= 4 is 45.9 Å². The summed E-state index contributed by atoms with van der Waals surface area (Å²) in [7, 11) is 0. The third kappa shape index (κ3) is 7.67. The maximum atomic E-state index is 6.28. The van der Waals surface area contributed by atoms with Crippen LogP contribution >= 0.6 is 0 Å². The average Bonchev–Trinajstić information content (AvgIpc) is 3.83. The molecule has 0 saturated carbocycles. The number of benzene rings is 1. The lowest BCUT2D eigenvalue weighted by atomic mass is 10.0. The molecule has 2 N–H and O–H groups in total. The predicted molar refractivity (Wildman–Crippen MR) is 183 cm³/mol. The standard InChI is InChI=1S/C38H42N4O2/c1-3-5-7-9-17-43-35-19-27(20-36(26-35)44-18-10-8-6-4-2)37-24-34-23-32-14-13-30(40-32)21-28-11-12-29(39-28)22-31-15-16-33(41-31)25-38(37)42-34/h11-16,19-26,39-40H,3-10,17-18H2,1-2H3. The molecule has 0 unspecified atom stereocenters. The monoisotopic (exact) mass is 586 g/mol. The highest BCUT2D eigenvalue weighted by atomic mass is 16.5. The molecule has 0 saturated heterocycles. The minimum Gasteiger partial charge on any atom is -0.493 e. The fourth-order valence-electron chi connectivity index (χ4n) is 5.58. The van der Waals surface area contributed by atoms with Gasteiger partial charge in [0.25, 0.3) is 0 Å². The van der Waals surface area contributed by atoms with Crippen LogP contribution in [-0.4, -0.2) is 33.1 Å². The van der Waals surface area contributed by atoms with Gasteiger partial charge in [-0.1, -0.05) is 52.4 Å². The number of unbranched alkanes of at least 4 members (excludes halogenated alkanes) is 6. The van der Waals surface area contributed by atoms with E-state index in [2.05, 4.69) is 90.6 Å². The zero-order valence-electron chi connectivity index (χ0n) is 25.9. The van der Waals surface area contributed by atoms with Gasteiger partial charge in [0.05, 0.1) is 36.0 Å². The molecule has 0 fully saturated rings. The Morgan fingerprint density at radius 1 is 0.545 bits per heavy atom. The first-order valence-electron chi connectivity index (χ1n) is 16.1. The van der Waals surface area contributed by atoms with Crippen LogP contribution in [0.4, 0.5) is 0 Å². The Balaban J connectivity index is 1.40. The Hall–Kier alpha value is -4.58. The second-order valence-corrected chi connectivity index (χ2v) is 11.6. The molecule has 6 nitrogen and oxygen atoms in total. The molecule has 0 atom stereocenters. The molecule has 2 aliphatic heterocycles. The highest BCUT2D eigenvalue weighted by Crippen LogP contribution is 2.34. The number of rotatable bonds is 13. The number of nitrogens with one attached hydrogen (secondary N) is 2. The Morgan fingerprint density at radius 3 is 1.68 bits per heavy atom. The van der Waals surface area contributed by atoms with Crippen molar-refractivity contribution in [3.63, 3.8) is 0 Å². The molecule has 6 heteroatoms. The first-order valence-corrected chi connectivity index (χ1v) is 16.1. The summed E-state index contributed by atoms with van der Waals surface area (Å²) in [6, 6.07) is 22.9. The smallest absolute Gasteiger partial charge is 0.123 e. The number of nitrogens with zero attached hydrogens (tertiary/aromatic N) is 2. The van der Waals surface area contributed by atoms with Gasteiger partial charge in [0.1, 0.15) is 11.5 Å². The first-order chi connectivity index (χ1) is 21.6. The molecule has 3 aromatic heterocycles. The third-order valence-corrected chi connectivity index (χ3v) is 7.89. The van der Waals surface area contributed by atoms with Crippen LogP contribution in [0.15, 0.2) is 66.7 Å². The zero-order chi connectivity index (χ0) is 30.1. The topological polar surface area (TPSA) is 75.8 Å². The number of aromatic amines is 2. The highest BCUT2D eigenvalue weighted by molar-refractivity contribution is 5.94. The van der Waals surface area contributed by atoms with Crippen LogP contribution in [0.5, 0.6) is 11.5 Å². The van der Waals surface area contributed by atoms with E-state index in [0.29, 0.717) is 13.2 Å². The van der Waals surface area contributed by atoms with Crippen molar-refractivity contribution in [2.75, 3.05) is 13.2 Å². The summed E-state index contributed by atoms with van der Waals surface area (Å²) >= 11 is 0. The lowest BCUT2D eigenvalue weighted by molar-refractivity contribution is 0.290. The van der Waals surface area contributed by atoms with Crippen LogP contribution < -0.4 is 9.47 Å². The van der Waals surface area contributed by atoms with Crippen LogP contribution in [0.2, 0.25) is 0 Å². The van der Waals surface area contributed by atoms with Crippen molar-refractivity contribution in [3.8, 4) is 11.5 Å². The number of hydrogen-bond acceptors (Lipinski definition) is 4. The summed E-state index contributed by atoms with van der Waals surface area (Å²) < 4.78 is 12.6. The van der Waals surface area contributed by atoms with E-state index in [-0.39, 0.29) is 0 Å². The molecule has 4 aromatic rings. The van der Waals surface area contributed by atoms with Gasteiger partial charge >= 0.3 is 0 Å². The number of ether oxygens (including phenoxy) is 2. The molecule has 1 aromatic carbocycles. The van der Waals surface area contributed by atoms with Crippen molar-refractivity contribution in [2.24, 2.45) is 0 Å². The highest BCUT2D eigenvalue weighted by Gasteiger charge is 2.16. The Bertz CT molecular complexity index is 1780. The maximum absolute atomic E-state index is 6.28. The average molecular weight is 587 g/mol. The number of H-pyrrole nitrogens is 2. The SMILES string of the molecule is CCCCCCOc1cc(OCCCCCC)cc(C2=Cc3cc4ccc(cc5ccc(cc6nc(cc2n3)C=C6)[nH]5)[nH]4)c1. The quantitative estimate of drug-likeness (QED) is 0.132. The lowest BCUT2D eigenvalue weighted by Crippen LogP contribution is -2.01. The van der Waals surface area contributed by atoms with Crippen molar-refractivity contribution in [1.82, 2.24) is 19.9 Å². The van der Waals surface area contributed by atoms with E-state index in [1.165, 1.54) is 38.5 Å². The molecule has 5 heterocycles. The summed E-state index contributed by atoms with van der Waals surface area (Å²) in [5.74, 6) is 1.66. The van der Waals surface area contributed by atoms with Gasteiger partial charge in [-0.05, 0) is 97.3 Å². The fraction of sp³-hybridized carbons (Fsp3) is 0.316. The Morgan fingerprint density at radius 2 is 1.09 bits per heavy atom. The molecule has 0 spiro atoms. The van der Waals surface area contributed by atoms with Crippen molar-refractivity contribution in [2.45, 2.75) is 65.2 Å². The summed E-state index contributed by atoms with van der Waals surface area (Å²) in [5.41, 5.74) is 9.60. The molecule has 0 aliphatic carbocycles. The maximum Gasteiger partial charge on any atom is 0.123 e. The van der Waals surface area contributed by atoms with Gasteiger partial charge < -0.3 is 19.4 Å². The number of fused-ring (bicyclic) bond motifs is 8. The van der Waals surface area contributed by atoms with E-state index in [1.54, 1.807) is 0 Å². The van der Waals surface area contributed by atoms with Crippen molar-refractivity contribution < 1.29 is 9.47 Å². The normalized spacial score (nSPS) is 12.4. The van der Waals surface area contributed by atoms with Gasteiger partial charge in [-0.3, -0.25) is 0 Å². The molecule has 8 bridgehead atoms. The largest absolute Gasteiger partial charge is 0.493 e. The van der Waals surface area contributed by atoms with Crippen LogP contribution in [0.1, 0.15) is 93.6 Å². The second-order valence-electron chi connectivity index (χ2n) is 11.6. The van der Waals surface area contributed by atoms with E-state index in [0.717, 1.165) is 80.3 Å². The lowest BCUT2D eigenvalue weighted by Gasteiger charge is -2.13. The molecule has 0 radical (unpaired) electrons. The van der Waals surface area contributed by atoms with E-state index in [9.17, 15) is 0 Å². The van der Waals surface area contributed by atoms with E-state index < -0.39 is 0 Å². The molecule has 0 amide bonds. The summed E-state index contributed by atoms with van der Waals surface area (Å²) in [6.07, 6.45) is 15.6. The van der Waals surface area contributed by atoms with Gasteiger partial charge in [0.2, 0.25) is 0 Å². The predicted octanol–water partition coefficient (Wildman–Crippen LogP) is 9.99. The van der Waals surface area contributed by atoms with Crippen LogP contribution in [0, 0.1) is 0 Å². The molecular formula is C38H42N4O2. The van der Waals surface area contributed by atoms with Crippen LogP contribution in [-0.2, 0) is 0 Å². The summed E-state index contributed by atoms with van der Waals surface area (Å²) in [6.45, 7) is 5.85. The summed E-state index contributed by atoms with van der Waals surface area (Å²) in [5, 5.41) is 0. The second kappa shape index (κ2) is 14.3. The third-order valence-electron chi connectivity index (χ3n) is 7.89. The van der Waals surface area contributed by atoms with Crippen molar-refractivity contribution in [1.29, 1.82) is 0 Å². The minimum absolute atomic E-state index is 0.696. The van der Waals surface area contributed by atoms with Gasteiger partial charge in [-0.15, -0.1) is 0 Å². The van der Waals surface area contributed by atoms with Crippen LogP contribution in [0.25, 0.3) is 45.9 Å². The fourth-order valence-corrected chi connectivity index (χ4v) is 5.58. The first kappa shape index (κ1) is 29.5. The van der Waals surface area contributed by atoms with E-state index in [1.807, 2.05) is 18.2 Å². The molecule has 44 heavy (non-hydrogen) atoms. The van der Waals surface area contributed by atoms with Gasteiger partial charge in [0, 0.05) is 33.7 Å². The van der Waals surface area contributed by atoms with Gasteiger partial charge in [0.15, 0.2) is 0 Å². The molecule has 2 aliphatic rings.